The minimum atomic E-state index is 0.338. The Morgan fingerprint density at radius 1 is 1.19 bits per heavy atom. The number of nitrogens with one attached hydrogen (secondary N) is 1. The van der Waals surface area contributed by atoms with Crippen LogP contribution in [0.15, 0.2) is 36.4 Å². The number of benzene rings is 1. The minimum Gasteiger partial charge on any atom is -0.481 e. The Morgan fingerprint density at radius 3 is 2.62 bits per heavy atom. The van der Waals surface area contributed by atoms with Crippen LogP contribution in [0.25, 0.3) is 0 Å². The van der Waals surface area contributed by atoms with Crippen LogP contribution in [0.4, 0.5) is 11.6 Å². The van der Waals surface area contributed by atoms with Crippen LogP contribution in [-0.4, -0.2) is 17.1 Å². The van der Waals surface area contributed by atoms with Crippen molar-refractivity contribution in [2.75, 3.05) is 12.4 Å². The van der Waals surface area contributed by atoms with Gasteiger partial charge < -0.3 is 10.1 Å². The van der Waals surface area contributed by atoms with Crippen molar-refractivity contribution in [3.05, 3.63) is 41.6 Å². The summed E-state index contributed by atoms with van der Waals surface area (Å²) in [6.07, 6.45) is 0. The number of rotatable bonds is 3. The molecule has 16 heavy (non-hydrogen) atoms. The molecule has 1 heterocycles. The predicted octanol–water partition coefficient (Wildman–Crippen LogP) is 2.88. The monoisotopic (exact) mass is 235 g/mol. The summed E-state index contributed by atoms with van der Waals surface area (Å²) in [6.45, 7) is 0. The lowest BCUT2D eigenvalue weighted by molar-refractivity contribution is 0.397. The SMILES string of the molecule is COc1cc(Cl)nc(Nc2ccccc2)n1. The number of hydrogen-bond acceptors (Lipinski definition) is 4. The molecule has 0 amide bonds. The van der Waals surface area contributed by atoms with Crippen LogP contribution in [0.5, 0.6) is 5.88 Å². The normalized spacial score (nSPS) is 9.88. The summed E-state index contributed by atoms with van der Waals surface area (Å²) in [5.74, 6) is 0.842. The van der Waals surface area contributed by atoms with Crippen molar-refractivity contribution < 1.29 is 4.74 Å². The Hall–Kier alpha value is -1.81. The van der Waals surface area contributed by atoms with Gasteiger partial charge in [0.25, 0.3) is 0 Å². The maximum Gasteiger partial charge on any atom is 0.231 e. The third-order valence-corrected chi connectivity index (χ3v) is 2.10. The molecular formula is C11H10ClN3O. The van der Waals surface area contributed by atoms with Gasteiger partial charge in [0, 0.05) is 11.8 Å². The Kier molecular flexibility index (Phi) is 3.22. The molecule has 1 N–H and O–H groups in total. The zero-order valence-electron chi connectivity index (χ0n) is 8.64. The van der Waals surface area contributed by atoms with Crippen LogP contribution in [0.1, 0.15) is 0 Å². The molecule has 0 aliphatic carbocycles. The Bertz CT molecular complexity index is 476. The van der Waals surface area contributed by atoms with Crippen LogP contribution < -0.4 is 10.1 Å². The van der Waals surface area contributed by atoms with Crippen molar-refractivity contribution in [2.24, 2.45) is 0 Å². The lowest BCUT2D eigenvalue weighted by atomic mass is 10.3. The first-order valence-electron chi connectivity index (χ1n) is 4.68. The van der Waals surface area contributed by atoms with E-state index in [1.807, 2.05) is 30.3 Å². The first kappa shape index (κ1) is 10.7. The maximum absolute atomic E-state index is 5.82. The molecule has 0 spiro atoms. The largest absolute Gasteiger partial charge is 0.481 e. The number of hydrogen-bond donors (Lipinski definition) is 1. The first-order valence-corrected chi connectivity index (χ1v) is 5.06. The van der Waals surface area contributed by atoms with Crippen molar-refractivity contribution >= 4 is 23.2 Å². The van der Waals surface area contributed by atoms with Crippen LogP contribution in [0, 0.1) is 0 Å². The van der Waals surface area contributed by atoms with E-state index < -0.39 is 0 Å². The molecule has 0 radical (unpaired) electrons. The molecule has 0 fully saturated rings. The van der Waals surface area contributed by atoms with Gasteiger partial charge in [0.1, 0.15) is 5.15 Å². The Labute approximate surface area is 98.3 Å². The molecule has 0 atom stereocenters. The molecule has 2 rings (SSSR count). The molecule has 0 saturated heterocycles. The van der Waals surface area contributed by atoms with Gasteiger partial charge in [0.05, 0.1) is 7.11 Å². The van der Waals surface area contributed by atoms with Crippen molar-refractivity contribution in [1.29, 1.82) is 0 Å². The smallest absolute Gasteiger partial charge is 0.231 e. The molecule has 0 saturated carbocycles. The van der Waals surface area contributed by atoms with Crippen molar-refractivity contribution in [1.82, 2.24) is 9.97 Å². The molecule has 1 aromatic heterocycles. The molecule has 1 aromatic carbocycles. The molecular weight excluding hydrogens is 226 g/mol. The van der Waals surface area contributed by atoms with E-state index in [0.717, 1.165) is 5.69 Å². The van der Waals surface area contributed by atoms with E-state index in [9.17, 15) is 0 Å². The van der Waals surface area contributed by atoms with E-state index in [1.54, 1.807) is 6.07 Å². The number of para-hydroxylation sites is 1. The summed E-state index contributed by atoms with van der Waals surface area (Å²) in [6, 6.07) is 11.2. The van der Waals surface area contributed by atoms with Crippen molar-refractivity contribution in [3.63, 3.8) is 0 Å². The molecule has 5 heteroatoms. The van der Waals surface area contributed by atoms with Crippen LogP contribution in [0.3, 0.4) is 0 Å². The fourth-order valence-corrected chi connectivity index (χ4v) is 1.38. The third kappa shape index (κ3) is 2.61. The first-order chi connectivity index (χ1) is 7.78. The average Bonchev–Trinajstić information content (AvgIpc) is 2.29. The van der Waals surface area contributed by atoms with Gasteiger partial charge in [-0.2, -0.15) is 4.98 Å². The lowest BCUT2D eigenvalue weighted by Crippen LogP contribution is -1.98. The van der Waals surface area contributed by atoms with E-state index in [-0.39, 0.29) is 0 Å². The van der Waals surface area contributed by atoms with E-state index in [2.05, 4.69) is 15.3 Å². The highest BCUT2D eigenvalue weighted by Crippen LogP contribution is 2.18. The number of methoxy groups -OCH3 is 1. The highest BCUT2D eigenvalue weighted by atomic mass is 35.5. The highest BCUT2D eigenvalue weighted by molar-refractivity contribution is 6.29. The summed E-state index contributed by atoms with van der Waals surface area (Å²) in [5.41, 5.74) is 0.895. The minimum absolute atomic E-state index is 0.338. The second-order valence-corrected chi connectivity index (χ2v) is 3.43. The predicted molar refractivity (Wildman–Crippen MR) is 63.3 cm³/mol. The van der Waals surface area contributed by atoms with E-state index >= 15 is 0 Å². The summed E-state index contributed by atoms with van der Waals surface area (Å²) >= 11 is 5.82. The quantitative estimate of drug-likeness (QED) is 0.831. The van der Waals surface area contributed by atoms with Gasteiger partial charge in [-0.1, -0.05) is 29.8 Å². The molecule has 4 nitrogen and oxygen atoms in total. The Morgan fingerprint density at radius 2 is 1.94 bits per heavy atom. The lowest BCUT2D eigenvalue weighted by Gasteiger charge is -2.06. The topological polar surface area (TPSA) is 47.0 Å². The number of aromatic nitrogens is 2. The van der Waals surface area contributed by atoms with Gasteiger partial charge in [0.15, 0.2) is 0 Å². The number of anilines is 2. The zero-order chi connectivity index (χ0) is 11.4. The van der Waals surface area contributed by atoms with Crippen molar-refractivity contribution in [2.45, 2.75) is 0 Å². The van der Waals surface area contributed by atoms with Gasteiger partial charge in [-0.15, -0.1) is 0 Å². The number of ether oxygens (including phenoxy) is 1. The second-order valence-electron chi connectivity index (χ2n) is 3.05. The summed E-state index contributed by atoms with van der Waals surface area (Å²) in [5, 5.41) is 3.37. The molecule has 0 aliphatic rings. The van der Waals surface area contributed by atoms with Crippen LogP contribution in [-0.2, 0) is 0 Å². The zero-order valence-corrected chi connectivity index (χ0v) is 9.40. The molecule has 0 bridgehead atoms. The van der Waals surface area contributed by atoms with E-state index in [0.29, 0.717) is 17.0 Å². The highest BCUT2D eigenvalue weighted by Gasteiger charge is 2.03. The Balaban J connectivity index is 2.24. The van der Waals surface area contributed by atoms with Crippen LogP contribution in [0.2, 0.25) is 5.15 Å². The second kappa shape index (κ2) is 4.81. The summed E-state index contributed by atoms with van der Waals surface area (Å²) in [7, 11) is 1.53. The van der Waals surface area contributed by atoms with Gasteiger partial charge in [0.2, 0.25) is 11.8 Å². The summed E-state index contributed by atoms with van der Waals surface area (Å²) in [4.78, 5) is 8.16. The standard InChI is InChI=1S/C11H10ClN3O/c1-16-10-7-9(12)14-11(15-10)13-8-5-3-2-4-6-8/h2-7H,1H3,(H,13,14,15). The molecule has 0 unspecified atom stereocenters. The fourth-order valence-electron chi connectivity index (χ4n) is 1.21. The third-order valence-electron chi connectivity index (χ3n) is 1.91. The van der Waals surface area contributed by atoms with Gasteiger partial charge in [-0.25, -0.2) is 4.98 Å². The van der Waals surface area contributed by atoms with Crippen LogP contribution >= 0.6 is 11.6 Å². The molecule has 0 aliphatic heterocycles. The van der Waals surface area contributed by atoms with E-state index in [1.165, 1.54) is 7.11 Å². The molecule has 2 aromatic rings. The van der Waals surface area contributed by atoms with Gasteiger partial charge >= 0.3 is 0 Å². The van der Waals surface area contributed by atoms with E-state index in [4.69, 9.17) is 16.3 Å². The molecule has 82 valence electrons. The number of nitrogens with zero attached hydrogens (tertiary/aromatic N) is 2. The fraction of sp³-hybridized carbons (Fsp3) is 0.0909. The van der Waals surface area contributed by atoms with Crippen molar-refractivity contribution in [3.8, 4) is 5.88 Å². The van der Waals surface area contributed by atoms with Gasteiger partial charge in [-0.3, -0.25) is 0 Å². The van der Waals surface area contributed by atoms with Gasteiger partial charge in [-0.05, 0) is 12.1 Å². The number of halogens is 1. The maximum atomic E-state index is 5.82. The average molecular weight is 236 g/mol. The summed E-state index contributed by atoms with van der Waals surface area (Å²) < 4.78 is 5.00.